The number of para-hydroxylation sites is 1. The lowest BCUT2D eigenvalue weighted by Gasteiger charge is -1.97. The zero-order chi connectivity index (χ0) is 15.9. The second kappa shape index (κ2) is 12.7. The molecule has 0 unspecified atom stereocenters. The molecule has 0 fully saturated rings. The molecule has 0 atom stereocenters. The molecule has 0 spiro atoms. The molecule has 0 heterocycles. The number of benzene rings is 2. The normalized spacial score (nSPS) is 8.95. The van der Waals surface area contributed by atoms with Crippen LogP contribution in [0, 0.1) is 0 Å². The molecule has 2 aromatic rings. The van der Waals surface area contributed by atoms with Crippen molar-refractivity contribution >= 4 is 17.8 Å². The van der Waals surface area contributed by atoms with E-state index in [1.807, 2.05) is 82.4 Å². The molecule has 0 aliphatic carbocycles. The van der Waals surface area contributed by atoms with Crippen molar-refractivity contribution in [3.05, 3.63) is 78.4 Å². The SMILES string of the molecule is C=Cc1ccccc1/C=C\C.CC.CNc1ccccc1. The van der Waals surface area contributed by atoms with Crippen LogP contribution in [0.2, 0.25) is 0 Å². The van der Waals surface area contributed by atoms with Crippen LogP contribution < -0.4 is 5.32 Å². The summed E-state index contributed by atoms with van der Waals surface area (Å²) in [4.78, 5) is 0. The van der Waals surface area contributed by atoms with Crippen molar-refractivity contribution in [3.63, 3.8) is 0 Å². The fourth-order valence-corrected chi connectivity index (χ4v) is 1.63. The van der Waals surface area contributed by atoms with Gasteiger partial charge in [0.2, 0.25) is 0 Å². The predicted octanol–water partition coefficient (Wildman–Crippen LogP) is 6.12. The van der Waals surface area contributed by atoms with Gasteiger partial charge in [-0.2, -0.15) is 0 Å². The lowest BCUT2D eigenvalue weighted by atomic mass is 10.1. The maximum Gasteiger partial charge on any atom is 0.0337 e. The lowest BCUT2D eigenvalue weighted by Crippen LogP contribution is -1.84. The molecule has 0 saturated carbocycles. The molecular formula is C20H27N. The van der Waals surface area contributed by atoms with Gasteiger partial charge in [-0.1, -0.05) is 81.1 Å². The van der Waals surface area contributed by atoms with Crippen molar-refractivity contribution in [1.29, 1.82) is 0 Å². The van der Waals surface area contributed by atoms with Gasteiger partial charge in [0.25, 0.3) is 0 Å². The first-order chi connectivity index (χ1) is 10.3. The standard InChI is InChI=1S/C11H12.C7H9N.C2H6/c1-3-7-11-9-6-5-8-10(11)4-2;1-8-7-5-3-2-4-6-7;1-2/h3-9H,2H2,1H3;2-6,8H,1H3;1-2H3/b7-3-;;. The molecule has 0 aliphatic rings. The second-order valence-electron chi connectivity index (χ2n) is 3.95. The summed E-state index contributed by atoms with van der Waals surface area (Å²) in [5, 5.41) is 3.03. The Hall–Kier alpha value is -2.28. The van der Waals surface area contributed by atoms with E-state index >= 15 is 0 Å². The highest BCUT2D eigenvalue weighted by Gasteiger charge is 1.90. The molecule has 1 N–H and O–H groups in total. The zero-order valence-electron chi connectivity index (χ0n) is 13.6. The third kappa shape index (κ3) is 7.78. The second-order valence-corrected chi connectivity index (χ2v) is 3.95. The van der Waals surface area contributed by atoms with Crippen molar-refractivity contribution < 1.29 is 0 Å². The van der Waals surface area contributed by atoms with E-state index in [4.69, 9.17) is 0 Å². The van der Waals surface area contributed by atoms with Gasteiger partial charge in [0.1, 0.15) is 0 Å². The molecule has 0 amide bonds. The predicted molar refractivity (Wildman–Crippen MR) is 98.6 cm³/mol. The van der Waals surface area contributed by atoms with Gasteiger partial charge in [0.05, 0.1) is 0 Å². The smallest absolute Gasteiger partial charge is 0.0337 e. The van der Waals surface area contributed by atoms with Crippen molar-refractivity contribution in [2.45, 2.75) is 20.8 Å². The quantitative estimate of drug-likeness (QED) is 0.715. The van der Waals surface area contributed by atoms with Crippen molar-refractivity contribution in [1.82, 2.24) is 0 Å². The molecular weight excluding hydrogens is 254 g/mol. The summed E-state index contributed by atoms with van der Waals surface area (Å²) in [6, 6.07) is 18.3. The Balaban J connectivity index is 0.000000354. The number of anilines is 1. The Kier molecular flexibility index (Phi) is 11.4. The maximum atomic E-state index is 3.74. The first-order valence-electron chi connectivity index (χ1n) is 7.38. The molecule has 0 radical (unpaired) electrons. The summed E-state index contributed by atoms with van der Waals surface area (Å²) in [6.45, 7) is 9.75. The molecule has 1 heteroatoms. The van der Waals surface area contributed by atoms with Crippen LogP contribution in [0.25, 0.3) is 12.2 Å². The van der Waals surface area contributed by atoms with Crippen LogP contribution in [-0.4, -0.2) is 7.05 Å². The number of nitrogens with one attached hydrogen (secondary N) is 1. The summed E-state index contributed by atoms with van der Waals surface area (Å²) in [7, 11) is 1.91. The fourth-order valence-electron chi connectivity index (χ4n) is 1.63. The Bertz CT molecular complexity index is 512. The van der Waals surface area contributed by atoms with Crippen LogP contribution >= 0.6 is 0 Å². The van der Waals surface area contributed by atoms with Crippen LogP contribution in [0.1, 0.15) is 31.9 Å². The van der Waals surface area contributed by atoms with E-state index in [0.717, 1.165) is 5.69 Å². The van der Waals surface area contributed by atoms with Crippen molar-refractivity contribution in [2.24, 2.45) is 0 Å². The Labute approximate surface area is 130 Å². The van der Waals surface area contributed by atoms with Crippen LogP contribution in [0.5, 0.6) is 0 Å². The first-order valence-corrected chi connectivity index (χ1v) is 7.38. The minimum atomic E-state index is 1.16. The third-order valence-corrected chi connectivity index (χ3v) is 2.62. The van der Waals surface area contributed by atoms with E-state index in [2.05, 4.69) is 30.1 Å². The summed E-state index contributed by atoms with van der Waals surface area (Å²) in [5.74, 6) is 0. The monoisotopic (exact) mass is 281 g/mol. The number of hydrogen-bond acceptors (Lipinski definition) is 1. The molecule has 112 valence electrons. The summed E-state index contributed by atoms with van der Waals surface area (Å²) in [6.07, 6.45) is 5.98. The van der Waals surface area contributed by atoms with E-state index in [1.165, 1.54) is 11.1 Å². The molecule has 1 nitrogen and oxygen atoms in total. The highest BCUT2D eigenvalue weighted by atomic mass is 14.8. The average Bonchev–Trinajstić information content (AvgIpc) is 2.59. The van der Waals surface area contributed by atoms with E-state index < -0.39 is 0 Å². The van der Waals surface area contributed by atoms with Gasteiger partial charge in [0.15, 0.2) is 0 Å². The van der Waals surface area contributed by atoms with Gasteiger partial charge >= 0.3 is 0 Å². The van der Waals surface area contributed by atoms with Gasteiger partial charge in [-0.15, -0.1) is 0 Å². The Morgan fingerprint density at radius 3 is 1.81 bits per heavy atom. The average molecular weight is 281 g/mol. The minimum absolute atomic E-state index is 1.16. The highest BCUT2D eigenvalue weighted by molar-refractivity contribution is 5.63. The molecule has 0 aromatic heterocycles. The van der Waals surface area contributed by atoms with Gasteiger partial charge < -0.3 is 5.32 Å². The summed E-state index contributed by atoms with van der Waals surface area (Å²) in [5.41, 5.74) is 3.57. The lowest BCUT2D eigenvalue weighted by molar-refractivity contribution is 1.50. The first kappa shape index (κ1) is 18.7. The Morgan fingerprint density at radius 1 is 0.857 bits per heavy atom. The van der Waals surface area contributed by atoms with Gasteiger partial charge in [-0.25, -0.2) is 0 Å². The fraction of sp³-hybridized carbons (Fsp3) is 0.200. The van der Waals surface area contributed by atoms with Crippen LogP contribution in [0.3, 0.4) is 0 Å². The van der Waals surface area contributed by atoms with E-state index in [1.54, 1.807) is 0 Å². The largest absolute Gasteiger partial charge is 0.388 e. The third-order valence-electron chi connectivity index (χ3n) is 2.62. The molecule has 0 saturated heterocycles. The molecule has 0 aliphatic heterocycles. The Morgan fingerprint density at radius 2 is 1.38 bits per heavy atom. The van der Waals surface area contributed by atoms with Crippen molar-refractivity contribution in [2.75, 3.05) is 12.4 Å². The summed E-state index contributed by atoms with van der Waals surface area (Å²) >= 11 is 0. The topological polar surface area (TPSA) is 12.0 Å². The summed E-state index contributed by atoms with van der Waals surface area (Å²) < 4.78 is 0. The molecule has 0 bridgehead atoms. The zero-order valence-corrected chi connectivity index (χ0v) is 13.6. The minimum Gasteiger partial charge on any atom is -0.388 e. The highest BCUT2D eigenvalue weighted by Crippen LogP contribution is 2.11. The van der Waals surface area contributed by atoms with Gasteiger partial charge in [0, 0.05) is 12.7 Å². The maximum absolute atomic E-state index is 3.74. The molecule has 2 rings (SSSR count). The number of allylic oxidation sites excluding steroid dienone is 1. The van der Waals surface area contributed by atoms with E-state index in [0.29, 0.717) is 0 Å². The van der Waals surface area contributed by atoms with Crippen LogP contribution in [-0.2, 0) is 0 Å². The van der Waals surface area contributed by atoms with Crippen LogP contribution in [0.4, 0.5) is 5.69 Å². The van der Waals surface area contributed by atoms with E-state index in [-0.39, 0.29) is 0 Å². The van der Waals surface area contributed by atoms with E-state index in [9.17, 15) is 0 Å². The van der Waals surface area contributed by atoms with Crippen LogP contribution in [0.15, 0.2) is 67.3 Å². The molecule has 2 aromatic carbocycles. The van der Waals surface area contributed by atoms with Gasteiger partial charge in [-0.3, -0.25) is 0 Å². The van der Waals surface area contributed by atoms with Gasteiger partial charge in [-0.05, 0) is 30.2 Å². The number of rotatable bonds is 3. The molecule has 21 heavy (non-hydrogen) atoms. The van der Waals surface area contributed by atoms with Crippen molar-refractivity contribution in [3.8, 4) is 0 Å². The number of hydrogen-bond donors (Lipinski definition) is 1.